The molecule has 0 saturated carbocycles. The Morgan fingerprint density at radius 3 is 2.57 bits per heavy atom. The predicted octanol–water partition coefficient (Wildman–Crippen LogP) is 5.11. The van der Waals surface area contributed by atoms with Crippen molar-refractivity contribution in [1.82, 2.24) is 10.4 Å². The average molecular weight is 491 g/mol. The molecule has 3 aromatic carbocycles. The molecule has 0 spiro atoms. The van der Waals surface area contributed by atoms with Gasteiger partial charge in [-0.15, -0.1) is 0 Å². The van der Waals surface area contributed by atoms with Gasteiger partial charge in [0.05, 0.1) is 34.1 Å². The number of nitrogens with one attached hydrogen (secondary N) is 1. The number of hydrogen-bond acceptors (Lipinski definition) is 7. The quantitative estimate of drug-likeness (QED) is 0.220. The van der Waals surface area contributed by atoms with E-state index in [2.05, 4.69) is 15.5 Å². The minimum atomic E-state index is -0.386. The third-order valence-electron chi connectivity index (χ3n) is 5.94. The third kappa shape index (κ3) is 5.40. The van der Waals surface area contributed by atoms with Gasteiger partial charge < -0.3 is 0 Å². The van der Waals surface area contributed by atoms with E-state index < -0.39 is 0 Å². The topological polar surface area (TPSA) is 113 Å². The number of carbonyl (C=O) groups is 1. The Morgan fingerprint density at radius 2 is 1.84 bits per heavy atom. The van der Waals surface area contributed by atoms with E-state index in [4.69, 9.17) is 5.10 Å². The van der Waals surface area contributed by atoms with E-state index in [1.807, 2.05) is 65.7 Å². The molecule has 2 heterocycles. The van der Waals surface area contributed by atoms with Crippen LogP contribution in [0.2, 0.25) is 0 Å². The van der Waals surface area contributed by atoms with Crippen molar-refractivity contribution in [2.75, 3.05) is 5.01 Å². The van der Waals surface area contributed by atoms with Gasteiger partial charge in [-0.1, -0.05) is 54.6 Å². The van der Waals surface area contributed by atoms with E-state index in [9.17, 15) is 14.9 Å². The first-order valence-corrected chi connectivity index (χ1v) is 11.6. The lowest BCUT2D eigenvalue weighted by Gasteiger charge is -2.24. The number of nitro benzene ring substituents is 1. The first kappa shape index (κ1) is 23.6. The fourth-order valence-electron chi connectivity index (χ4n) is 4.10. The summed E-state index contributed by atoms with van der Waals surface area (Å²) in [6.07, 6.45) is 5.23. The molecule has 9 nitrogen and oxygen atoms in total. The molecule has 1 N–H and O–H groups in total. The zero-order valence-electron chi connectivity index (χ0n) is 19.6. The number of hydrazone groups is 2. The Bertz CT molecular complexity index is 1470. The van der Waals surface area contributed by atoms with Crippen molar-refractivity contribution in [3.05, 3.63) is 136 Å². The van der Waals surface area contributed by atoms with Crippen LogP contribution in [-0.4, -0.2) is 27.7 Å². The summed E-state index contributed by atoms with van der Waals surface area (Å²) in [6.45, 7) is 0. The molecule has 1 aliphatic rings. The largest absolute Gasteiger partial charge is 0.272 e. The molecule has 1 aromatic heterocycles. The highest BCUT2D eigenvalue weighted by molar-refractivity contribution is 6.03. The molecule has 37 heavy (non-hydrogen) atoms. The SMILES string of the molecule is O=C(N/N=C/c1ccc(N2N=C(c3ccccc3)CC2c2cccc([N+](=O)[O-])c2)cc1)c1cccnc1. The molecule has 0 aliphatic carbocycles. The van der Waals surface area contributed by atoms with Gasteiger partial charge in [0.1, 0.15) is 0 Å². The standard InChI is InChI=1S/C28H22N6O3/c35-28(23-9-5-15-29-19-23)31-30-18-20-11-13-24(14-12-20)33-27(22-8-4-10-25(16-22)34(36)37)17-26(32-33)21-6-2-1-3-7-21/h1-16,18-19,27H,17H2,(H,31,35)/b30-18+. The molecule has 0 bridgehead atoms. The van der Waals surface area contributed by atoms with Crippen LogP contribution in [0.5, 0.6) is 0 Å². The second-order valence-corrected chi connectivity index (χ2v) is 8.36. The molecule has 1 aliphatic heterocycles. The van der Waals surface area contributed by atoms with Gasteiger partial charge in [0, 0.05) is 30.9 Å². The van der Waals surface area contributed by atoms with Crippen LogP contribution in [0.4, 0.5) is 11.4 Å². The summed E-state index contributed by atoms with van der Waals surface area (Å²) in [5.74, 6) is -0.347. The Labute approximate surface area is 212 Å². The summed E-state index contributed by atoms with van der Waals surface area (Å²) in [5, 5.41) is 22.2. The Kier molecular flexibility index (Phi) is 6.76. The number of nitrogens with zero attached hydrogens (tertiary/aromatic N) is 5. The van der Waals surface area contributed by atoms with Crippen LogP contribution < -0.4 is 10.4 Å². The van der Waals surface area contributed by atoms with Crippen molar-refractivity contribution < 1.29 is 9.72 Å². The van der Waals surface area contributed by atoms with E-state index in [0.717, 1.165) is 28.1 Å². The smallest absolute Gasteiger partial charge is 0.267 e. The summed E-state index contributed by atoms with van der Waals surface area (Å²) >= 11 is 0. The summed E-state index contributed by atoms with van der Waals surface area (Å²) < 4.78 is 0. The predicted molar refractivity (Wildman–Crippen MR) is 142 cm³/mol. The number of hydrogen-bond donors (Lipinski definition) is 1. The van der Waals surface area contributed by atoms with Crippen LogP contribution in [0, 0.1) is 10.1 Å². The van der Waals surface area contributed by atoms with Crippen LogP contribution in [-0.2, 0) is 0 Å². The molecule has 5 rings (SSSR count). The van der Waals surface area contributed by atoms with Gasteiger partial charge in [0.15, 0.2) is 0 Å². The molecule has 0 radical (unpaired) electrons. The van der Waals surface area contributed by atoms with Crippen LogP contribution in [0.25, 0.3) is 0 Å². The maximum atomic E-state index is 12.1. The van der Waals surface area contributed by atoms with Crippen LogP contribution in [0.3, 0.4) is 0 Å². The van der Waals surface area contributed by atoms with E-state index >= 15 is 0 Å². The number of anilines is 1. The average Bonchev–Trinajstić information content (AvgIpc) is 3.40. The van der Waals surface area contributed by atoms with Gasteiger partial charge in [0.2, 0.25) is 0 Å². The molecular weight excluding hydrogens is 468 g/mol. The van der Waals surface area contributed by atoms with Crippen molar-refractivity contribution in [3.63, 3.8) is 0 Å². The second-order valence-electron chi connectivity index (χ2n) is 8.36. The highest BCUT2D eigenvalue weighted by atomic mass is 16.6. The maximum Gasteiger partial charge on any atom is 0.272 e. The van der Waals surface area contributed by atoms with Crippen LogP contribution in [0.1, 0.15) is 39.5 Å². The van der Waals surface area contributed by atoms with E-state index in [1.54, 1.807) is 36.7 Å². The van der Waals surface area contributed by atoms with Gasteiger partial charge in [0.25, 0.3) is 11.6 Å². The minimum absolute atomic E-state index is 0.0468. The highest BCUT2D eigenvalue weighted by Gasteiger charge is 2.30. The number of nitro groups is 1. The normalized spacial score (nSPS) is 15.0. The van der Waals surface area contributed by atoms with Gasteiger partial charge in [-0.25, -0.2) is 5.43 Å². The molecular formula is C28H22N6O3. The van der Waals surface area contributed by atoms with E-state index in [1.165, 1.54) is 12.3 Å². The summed E-state index contributed by atoms with van der Waals surface area (Å²) in [4.78, 5) is 27.0. The summed E-state index contributed by atoms with van der Waals surface area (Å²) in [7, 11) is 0. The monoisotopic (exact) mass is 490 g/mol. The number of carbonyl (C=O) groups excluding carboxylic acids is 1. The van der Waals surface area contributed by atoms with E-state index in [-0.39, 0.29) is 22.6 Å². The maximum absolute atomic E-state index is 12.1. The summed E-state index contributed by atoms with van der Waals surface area (Å²) in [5.41, 5.74) is 7.30. The Morgan fingerprint density at radius 1 is 1.03 bits per heavy atom. The number of benzene rings is 3. The molecule has 1 unspecified atom stereocenters. The number of rotatable bonds is 7. The number of aromatic nitrogens is 1. The Balaban J connectivity index is 1.38. The molecule has 4 aromatic rings. The zero-order chi connectivity index (χ0) is 25.6. The molecule has 1 atom stereocenters. The molecule has 9 heteroatoms. The van der Waals surface area contributed by atoms with Crippen molar-refractivity contribution in [2.45, 2.75) is 12.5 Å². The van der Waals surface area contributed by atoms with Gasteiger partial charge in [-0.2, -0.15) is 10.2 Å². The number of amides is 1. The van der Waals surface area contributed by atoms with Crippen molar-refractivity contribution in [2.24, 2.45) is 10.2 Å². The van der Waals surface area contributed by atoms with Crippen LogP contribution in [0.15, 0.2) is 114 Å². The summed E-state index contributed by atoms with van der Waals surface area (Å²) in [6, 6.07) is 27.3. The minimum Gasteiger partial charge on any atom is -0.267 e. The number of pyridine rings is 1. The van der Waals surface area contributed by atoms with Crippen molar-refractivity contribution in [1.29, 1.82) is 0 Å². The van der Waals surface area contributed by atoms with E-state index in [0.29, 0.717) is 12.0 Å². The van der Waals surface area contributed by atoms with Gasteiger partial charge >= 0.3 is 0 Å². The fourth-order valence-corrected chi connectivity index (χ4v) is 4.10. The van der Waals surface area contributed by atoms with Gasteiger partial charge in [-0.3, -0.25) is 24.9 Å². The zero-order valence-corrected chi connectivity index (χ0v) is 19.6. The van der Waals surface area contributed by atoms with Crippen molar-refractivity contribution in [3.8, 4) is 0 Å². The lowest BCUT2D eigenvalue weighted by Crippen LogP contribution is -2.19. The third-order valence-corrected chi connectivity index (χ3v) is 5.94. The first-order chi connectivity index (χ1) is 18.1. The van der Waals surface area contributed by atoms with Crippen molar-refractivity contribution >= 4 is 29.2 Å². The van der Waals surface area contributed by atoms with Crippen LogP contribution >= 0.6 is 0 Å². The lowest BCUT2D eigenvalue weighted by atomic mass is 9.98. The fraction of sp³-hybridized carbons (Fsp3) is 0.0714. The second kappa shape index (κ2) is 10.6. The molecule has 182 valence electrons. The molecule has 0 saturated heterocycles. The number of non-ortho nitro benzene ring substituents is 1. The lowest BCUT2D eigenvalue weighted by molar-refractivity contribution is -0.384. The first-order valence-electron chi connectivity index (χ1n) is 11.6. The van der Waals surface area contributed by atoms with Gasteiger partial charge in [-0.05, 0) is 41.0 Å². The molecule has 1 amide bonds. The highest BCUT2D eigenvalue weighted by Crippen LogP contribution is 2.37. The Hall–Kier alpha value is -5.18. The molecule has 0 fully saturated rings.